The first-order chi connectivity index (χ1) is 12.2. The number of carbonyl (C=O) groups is 2. The third-order valence-corrected chi connectivity index (χ3v) is 4.80. The van der Waals surface area contributed by atoms with E-state index in [2.05, 4.69) is 10.8 Å². The summed E-state index contributed by atoms with van der Waals surface area (Å²) in [6, 6.07) is 3.27. The topological polar surface area (TPSA) is 70.7 Å². The molecule has 1 fully saturated rings. The number of hydroxylamine groups is 1. The summed E-state index contributed by atoms with van der Waals surface area (Å²) in [5.74, 6) is -0.953. The number of hydrogen-bond acceptors (Lipinski definition) is 4. The maximum absolute atomic E-state index is 13.8. The van der Waals surface area contributed by atoms with Crippen molar-refractivity contribution < 1.29 is 18.8 Å². The predicted octanol–water partition coefficient (Wildman–Crippen LogP) is 2.88. The van der Waals surface area contributed by atoms with Gasteiger partial charge in [-0.05, 0) is 36.1 Å². The largest absolute Gasteiger partial charge is 0.390 e. The number of anilines is 1. The molecule has 140 valence electrons. The standard InChI is InChI=1S/C18H21ClFN3O3/c1-18(2,3)14-9-15(26-22-14)21-17(25)13-6-7-16(24)23(13)10-4-5-11(19)12(20)8-10/h4-5,8-9,13-14,22H,6-7H2,1-3H3,(H,21,25)/t13-,14?/m0/s1. The molecule has 3 rings (SSSR count). The SMILES string of the molecule is CC(C)(C)C1C=C(NC(=O)[C@@H]2CCC(=O)N2c2ccc(Cl)c(F)c2)ON1. The molecule has 8 heteroatoms. The summed E-state index contributed by atoms with van der Waals surface area (Å²) in [6.45, 7) is 6.13. The molecule has 2 amide bonds. The molecule has 1 saturated heterocycles. The minimum absolute atomic E-state index is 0.0368. The number of carbonyl (C=O) groups excluding carboxylic acids is 2. The average molecular weight is 382 g/mol. The molecule has 26 heavy (non-hydrogen) atoms. The first-order valence-corrected chi connectivity index (χ1v) is 8.77. The molecule has 0 aliphatic carbocycles. The Morgan fingerprint density at radius 1 is 1.42 bits per heavy atom. The minimum atomic E-state index is -0.735. The van der Waals surface area contributed by atoms with Crippen molar-refractivity contribution in [3.63, 3.8) is 0 Å². The molecule has 2 N–H and O–H groups in total. The van der Waals surface area contributed by atoms with Gasteiger partial charge in [-0.2, -0.15) is 0 Å². The quantitative estimate of drug-likeness (QED) is 0.844. The van der Waals surface area contributed by atoms with Gasteiger partial charge in [0.15, 0.2) is 0 Å². The van der Waals surface area contributed by atoms with E-state index in [4.69, 9.17) is 16.4 Å². The minimum Gasteiger partial charge on any atom is -0.390 e. The van der Waals surface area contributed by atoms with Crippen LogP contribution in [0.2, 0.25) is 5.02 Å². The van der Waals surface area contributed by atoms with Crippen molar-refractivity contribution in [2.75, 3.05) is 4.90 Å². The van der Waals surface area contributed by atoms with Crippen molar-refractivity contribution in [1.29, 1.82) is 0 Å². The van der Waals surface area contributed by atoms with E-state index < -0.39 is 11.9 Å². The van der Waals surface area contributed by atoms with Crippen LogP contribution in [0, 0.1) is 11.2 Å². The molecule has 2 aliphatic heterocycles. The lowest BCUT2D eigenvalue weighted by Gasteiger charge is -2.24. The fraction of sp³-hybridized carbons (Fsp3) is 0.444. The third-order valence-electron chi connectivity index (χ3n) is 4.49. The summed E-state index contributed by atoms with van der Waals surface area (Å²) in [6.07, 6.45) is 2.35. The first-order valence-electron chi connectivity index (χ1n) is 8.39. The summed E-state index contributed by atoms with van der Waals surface area (Å²) >= 11 is 5.70. The number of nitrogens with one attached hydrogen (secondary N) is 2. The van der Waals surface area contributed by atoms with Crippen LogP contribution in [0.25, 0.3) is 0 Å². The van der Waals surface area contributed by atoms with E-state index in [-0.39, 0.29) is 34.7 Å². The molecule has 1 unspecified atom stereocenters. The highest BCUT2D eigenvalue weighted by atomic mass is 35.5. The number of benzene rings is 1. The van der Waals surface area contributed by atoms with Crippen molar-refractivity contribution >= 4 is 29.1 Å². The highest BCUT2D eigenvalue weighted by Crippen LogP contribution is 2.30. The van der Waals surface area contributed by atoms with Gasteiger partial charge < -0.3 is 4.84 Å². The van der Waals surface area contributed by atoms with Crippen LogP contribution in [0.3, 0.4) is 0 Å². The van der Waals surface area contributed by atoms with Crippen LogP contribution in [0.4, 0.5) is 10.1 Å². The van der Waals surface area contributed by atoms with E-state index in [1.165, 1.54) is 17.0 Å². The Hall–Kier alpha value is -2.12. The Labute approximate surface area is 156 Å². The Bertz CT molecular complexity index is 775. The van der Waals surface area contributed by atoms with Gasteiger partial charge in [-0.1, -0.05) is 32.4 Å². The van der Waals surface area contributed by atoms with Crippen molar-refractivity contribution in [2.24, 2.45) is 5.41 Å². The number of hydrogen-bond donors (Lipinski definition) is 2. The lowest BCUT2D eigenvalue weighted by atomic mass is 9.87. The molecule has 1 aromatic carbocycles. The van der Waals surface area contributed by atoms with Gasteiger partial charge in [0.25, 0.3) is 0 Å². The van der Waals surface area contributed by atoms with Crippen molar-refractivity contribution in [2.45, 2.75) is 45.7 Å². The average Bonchev–Trinajstić information content (AvgIpc) is 3.16. The fourth-order valence-electron chi connectivity index (χ4n) is 2.94. The molecule has 1 aromatic rings. The van der Waals surface area contributed by atoms with Crippen LogP contribution in [0.5, 0.6) is 0 Å². The molecule has 0 bridgehead atoms. The molecule has 2 aliphatic rings. The number of halogens is 2. The molecule has 2 atom stereocenters. The maximum Gasteiger partial charge on any atom is 0.249 e. The molecular formula is C18H21ClFN3O3. The predicted molar refractivity (Wildman–Crippen MR) is 95.6 cm³/mol. The normalized spacial score (nSPS) is 23.0. The van der Waals surface area contributed by atoms with Gasteiger partial charge in [0.1, 0.15) is 11.9 Å². The fourth-order valence-corrected chi connectivity index (χ4v) is 3.05. The Balaban J connectivity index is 1.76. The summed E-state index contributed by atoms with van der Waals surface area (Å²) < 4.78 is 13.8. The summed E-state index contributed by atoms with van der Waals surface area (Å²) in [5, 5.41) is 2.66. The molecule has 0 aromatic heterocycles. The Morgan fingerprint density at radius 2 is 2.15 bits per heavy atom. The van der Waals surface area contributed by atoms with Crippen LogP contribution in [-0.2, 0) is 14.4 Å². The van der Waals surface area contributed by atoms with Crippen LogP contribution >= 0.6 is 11.6 Å². The van der Waals surface area contributed by atoms with Gasteiger partial charge in [-0.15, -0.1) is 5.48 Å². The maximum atomic E-state index is 13.8. The molecular weight excluding hydrogens is 361 g/mol. The van der Waals surface area contributed by atoms with Crippen LogP contribution < -0.4 is 15.7 Å². The van der Waals surface area contributed by atoms with E-state index in [0.717, 1.165) is 6.07 Å². The van der Waals surface area contributed by atoms with E-state index in [9.17, 15) is 14.0 Å². The molecule has 0 saturated carbocycles. The second kappa shape index (κ2) is 6.89. The highest BCUT2D eigenvalue weighted by molar-refractivity contribution is 6.30. The lowest BCUT2D eigenvalue weighted by Crippen LogP contribution is -2.44. The zero-order valence-electron chi connectivity index (χ0n) is 14.8. The van der Waals surface area contributed by atoms with Crippen molar-refractivity contribution in [3.8, 4) is 0 Å². The Kier molecular flexibility index (Phi) is 4.94. The summed E-state index contributed by atoms with van der Waals surface area (Å²) in [5.41, 5.74) is 3.08. The van der Waals surface area contributed by atoms with E-state index in [1.54, 1.807) is 6.08 Å². The van der Waals surface area contributed by atoms with Gasteiger partial charge in [-0.3, -0.25) is 19.8 Å². The summed E-state index contributed by atoms with van der Waals surface area (Å²) in [4.78, 5) is 31.5. The van der Waals surface area contributed by atoms with Crippen molar-refractivity contribution in [3.05, 3.63) is 41.0 Å². The zero-order chi connectivity index (χ0) is 19.1. The number of nitrogens with zero attached hydrogens (tertiary/aromatic N) is 1. The molecule has 0 spiro atoms. The van der Waals surface area contributed by atoms with E-state index in [0.29, 0.717) is 18.0 Å². The molecule has 0 radical (unpaired) electrons. The molecule has 2 heterocycles. The van der Waals surface area contributed by atoms with Gasteiger partial charge >= 0.3 is 0 Å². The monoisotopic (exact) mass is 381 g/mol. The number of amides is 2. The highest BCUT2D eigenvalue weighted by Gasteiger charge is 2.38. The van der Waals surface area contributed by atoms with Crippen molar-refractivity contribution in [1.82, 2.24) is 10.8 Å². The zero-order valence-corrected chi connectivity index (χ0v) is 15.6. The second-order valence-corrected chi connectivity index (χ2v) is 7.91. The van der Waals surface area contributed by atoms with Gasteiger partial charge in [-0.25, -0.2) is 4.39 Å². The van der Waals surface area contributed by atoms with Gasteiger partial charge in [0.2, 0.25) is 17.7 Å². The van der Waals surface area contributed by atoms with Crippen LogP contribution in [0.1, 0.15) is 33.6 Å². The van der Waals surface area contributed by atoms with Crippen LogP contribution in [-0.4, -0.2) is 23.9 Å². The van der Waals surface area contributed by atoms with Gasteiger partial charge in [0.05, 0.1) is 11.1 Å². The van der Waals surface area contributed by atoms with Crippen LogP contribution in [0.15, 0.2) is 30.2 Å². The third kappa shape index (κ3) is 3.68. The van der Waals surface area contributed by atoms with Gasteiger partial charge in [0, 0.05) is 12.1 Å². The van der Waals surface area contributed by atoms with E-state index >= 15 is 0 Å². The Morgan fingerprint density at radius 3 is 2.77 bits per heavy atom. The lowest BCUT2D eigenvalue weighted by molar-refractivity contribution is -0.124. The second-order valence-electron chi connectivity index (χ2n) is 7.50. The summed E-state index contributed by atoms with van der Waals surface area (Å²) in [7, 11) is 0. The number of rotatable bonds is 3. The molecule has 6 nitrogen and oxygen atoms in total. The van der Waals surface area contributed by atoms with E-state index in [1.807, 2.05) is 20.8 Å². The smallest absolute Gasteiger partial charge is 0.249 e. The first kappa shape index (κ1) is 18.7.